The number of nitrogen functional groups attached to an aromatic ring is 1. The number of hydrogen-bond acceptors (Lipinski definition) is 4. The van der Waals surface area contributed by atoms with Crippen LogP contribution in [0.5, 0.6) is 0 Å². The van der Waals surface area contributed by atoms with Gasteiger partial charge in [0, 0.05) is 24.5 Å². The molecule has 3 N–H and O–H groups in total. The van der Waals surface area contributed by atoms with Crippen LogP contribution in [0.25, 0.3) is 0 Å². The minimum absolute atomic E-state index is 0.396. The number of nitrogens with zero attached hydrogens (tertiary/aromatic N) is 1. The highest BCUT2D eigenvalue weighted by molar-refractivity contribution is 7.86. The molecule has 1 unspecified atom stereocenters. The number of hydrogen-bond donors (Lipinski definition) is 2. The fraction of sp³-hybridized carbons (Fsp3) is 0.571. The molecular weight excluding hydrogens is 276 g/mol. The van der Waals surface area contributed by atoms with Crippen molar-refractivity contribution in [3.8, 4) is 0 Å². The summed E-state index contributed by atoms with van der Waals surface area (Å²) in [5.41, 5.74) is 7.40. The molecule has 1 atom stereocenters. The lowest BCUT2D eigenvalue weighted by Crippen LogP contribution is -2.29. The molecule has 5 nitrogen and oxygen atoms in total. The van der Waals surface area contributed by atoms with Crippen molar-refractivity contribution in [2.24, 2.45) is 0 Å². The third-order valence-corrected chi connectivity index (χ3v) is 4.61. The predicted octanol–water partition coefficient (Wildman–Crippen LogP) is 2.54. The van der Waals surface area contributed by atoms with E-state index in [4.69, 9.17) is 10.3 Å². The van der Waals surface area contributed by atoms with Crippen LogP contribution in [0.3, 0.4) is 0 Å². The highest BCUT2D eigenvalue weighted by Crippen LogP contribution is 2.18. The molecule has 0 aliphatic heterocycles. The summed E-state index contributed by atoms with van der Waals surface area (Å²) in [7, 11) is -3.95. The molecule has 0 aliphatic carbocycles. The van der Waals surface area contributed by atoms with Crippen LogP contribution in [0.1, 0.15) is 33.1 Å². The first-order valence-corrected chi connectivity index (χ1v) is 8.41. The fourth-order valence-corrected chi connectivity index (χ4v) is 2.29. The molecule has 0 radical (unpaired) electrons. The maximum Gasteiger partial charge on any atom is 0.267 e. The van der Waals surface area contributed by atoms with Gasteiger partial charge in [0.15, 0.2) is 0 Å². The number of anilines is 2. The number of rotatable bonds is 8. The topological polar surface area (TPSA) is 83.6 Å². The highest BCUT2D eigenvalue weighted by Gasteiger charge is 2.18. The van der Waals surface area contributed by atoms with E-state index in [2.05, 4.69) is 11.8 Å². The predicted molar refractivity (Wildman–Crippen MR) is 83.6 cm³/mol. The zero-order chi connectivity index (χ0) is 15.2. The van der Waals surface area contributed by atoms with Crippen LogP contribution in [0.4, 0.5) is 11.4 Å². The van der Waals surface area contributed by atoms with Gasteiger partial charge in [-0.1, -0.05) is 13.3 Å². The van der Waals surface area contributed by atoms with Crippen LogP contribution >= 0.6 is 0 Å². The second kappa shape index (κ2) is 7.50. The van der Waals surface area contributed by atoms with Crippen molar-refractivity contribution in [1.29, 1.82) is 0 Å². The van der Waals surface area contributed by atoms with Crippen molar-refractivity contribution in [3.05, 3.63) is 24.3 Å². The van der Waals surface area contributed by atoms with Crippen molar-refractivity contribution in [2.75, 3.05) is 23.7 Å². The third-order valence-electron chi connectivity index (χ3n) is 3.35. The minimum Gasteiger partial charge on any atom is -0.399 e. The Balaban J connectivity index is 2.72. The normalized spacial score (nSPS) is 13.2. The van der Waals surface area contributed by atoms with Gasteiger partial charge in [0.2, 0.25) is 0 Å². The molecule has 1 rings (SSSR count). The van der Waals surface area contributed by atoms with Gasteiger partial charge in [-0.2, -0.15) is 8.42 Å². The highest BCUT2D eigenvalue weighted by atomic mass is 32.2. The second-order valence-electron chi connectivity index (χ2n) is 5.05. The Morgan fingerprint density at radius 1 is 1.25 bits per heavy atom. The molecule has 0 spiro atoms. The van der Waals surface area contributed by atoms with Gasteiger partial charge in [0.25, 0.3) is 10.1 Å². The first kappa shape index (κ1) is 16.8. The lowest BCUT2D eigenvalue weighted by atomic mass is 10.2. The van der Waals surface area contributed by atoms with Crippen LogP contribution in [0.2, 0.25) is 0 Å². The van der Waals surface area contributed by atoms with Crippen LogP contribution in [0.15, 0.2) is 24.3 Å². The zero-order valence-electron chi connectivity index (χ0n) is 12.1. The van der Waals surface area contributed by atoms with Gasteiger partial charge < -0.3 is 10.6 Å². The molecule has 0 aromatic heterocycles. The summed E-state index contributed by atoms with van der Waals surface area (Å²) in [5, 5.41) is -0.750. The maximum atomic E-state index is 11.1. The van der Waals surface area contributed by atoms with Crippen LogP contribution in [0, 0.1) is 0 Å². The molecule has 114 valence electrons. The van der Waals surface area contributed by atoms with E-state index in [9.17, 15) is 8.42 Å². The molecule has 0 aliphatic rings. The van der Waals surface area contributed by atoms with Crippen LogP contribution in [-0.2, 0) is 10.1 Å². The SMILES string of the molecule is CCCCN(CCC(C)S(=O)(=O)O)c1ccc(N)cc1. The molecule has 6 heteroatoms. The Bertz CT molecular complexity index is 500. The molecule has 0 bridgehead atoms. The average Bonchev–Trinajstić information content (AvgIpc) is 2.39. The molecule has 0 amide bonds. The van der Waals surface area contributed by atoms with Gasteiger partial charge in [0.1, 0.15) is 0 Å². The summed E-state index contributed by atoms with van der Waals surface area (Å²) in [6.07, 6.45) is 2.50. The molecule has 0 fully saturated rings. The van der Waals surface area contributed by atoms with Gasteiger partial charge in [0.05, 0.1) is 5.25 Å². The average molecular weight is 300 g/mol. The molecular formula is C14H24N2O3S. The first-order chi connectivity index (χ1) is 9.34. The summed E-state index contributed by atoms with van der Waals surface area (Å²) in [6, 6.07) is 7.53. The van der Waals surface area contributed by atoms with Crippen molar-refractivity contribution in [3.63, 3.8) is 0 Å². The summed E-state index contributed by atoms with van der Waals surface area (Å²) < 4.78 is 31.1. The number of benzene rings is 1. The Morgan fingerprint density at radius 2 is 1.85 bits per heavy atom. The van der Waals surface area contributed by atoms with Gasteiger partial charge >= 0.3 is 0 Å². The summed E-state index contributed by atoms with van der Waals surface area (Å²) >= 11 is 0. The van der Waals surface area contributed by atoms with Gasteiger partial charge in [-0.3, -0.25) is 4.55 Å². The standard InChI is InChI=1S/C14H24N2O3S/c1-3-4-10-16(11-9-12(2)20(17,18)19)14-7-5-13(15)6-8-14/h5-8,12H,3-4,9-11,15H2,1-2H3,(H,17,18,19). The van der Waals surface area contributed by atoms with Crippen molar-refractivity contribution >= 4 is 21.5 Å². The largest absolute Gasteiger partial charge is 0.399 e. The Hall–Kier alpha value is -1.27. The zero-order valence-corrected chi connectivity index (χ0v) is 12.9. The van der Waals surface area contributed by atoms with E-state index in [0.29, 0.717) is 18.7 Å². The molecule has 1 aromatic rings. The Kier molecular flexibility index (Phi) is 6.29. The van der Waals surface area contributed by atoms with Gasteiger partial charge in [-0.05, 0) is 44.0 Å². The third kappa shape index (κ3) is 5.38. The monoisotopic (exact) mass is 300 g/mol. The van der Waals surface area contributed by atoms with Gasteiger partial charge in [-0.15, -0.1) is 0 Å². The Labute approximate surface area is 121 Å². The number of nitrogens with two attached hydrogens (primary N) is 1. The molecule has 1 aromatic carbocycles. The first-order valence-electron chi connectivity index (χ1n) is 6.91. The van der Waals surface area contributed by atoms with E-state index in [0.717, 1.165) is 25.1 Å². The number of unbranched alkanes of at least 4 members (excludes halogenated alkanes) is 1. The van der Waals surface area contributed by atoms with Crippen LogP contribution in [-0.4, -0.2) is 31.3 Å². The smallest absolute Gasteiger partial charge is 0.267 e. The fourth-order valence-electron chi connectivity index (χ4n) is 1.89. The van der Waals surface area contributed by atoms with Gasteiger partial charge in [-0.25, -0.2) is 0 Å². The van der Waals surface area contributed by atoms with E-state index < -0.39 is 15.4 Å². The van der Waals surface area contributed by atoms with Crippen molar-refractivity contribution in [2.45, 2.75) is 38.4 Å². The second-order valence-corrected chi connectivity index (χ2v) is 6.88. The van der Waals surface area contributed by atoms with E-state index in [-0.39, 0.29) is 0 Å². The molecule has 20 heavy (non-hydrogen) atoms. The molecule has 0 saturated heterocycles. The quantitative estimate of drug-likeness (QED) is 0.569. The lowest BCUT2D eigenvalue weighted by Gasteiger charge is -2.26. The lowest BCUT2D eigenvalue weighted by molar-refractivity contribution is 0.465. The summed E-state index contributed by atoms with van der Waals surface area (Å²) in [5.74, 6) is 0. The Morgan fingerprint density at radius 3 is 2.35 bits per heavy atom. The minimum atomic E-state index is -3.95. The van der Waals surface area contributed by atoms with Crippen molar-refractivity contribution in [1.82, 2.24) is 0 Å². The maximum absolute atomic E-state index is 11.1. The van der Waals surface area contributed by atoms with E-state index in [1.165, 1.54) is 6.92 Å². The summed E-state index contributed by atoms with van der Waals surface area (Å²) in [6.45, 7) is 5.09. The van der Waals surface area contributed by atoms with Crippen molar-refractivity contribution < 1.29 is 13.0 Å². The summed E-state index contributed by atoms with van der Waals surface area (Å²) in [4.78, 5) is 2.13. The van der Waals surface area contributed by atoms with E-state index in [1.807, 2.05) is 24.3 Å². The van der Waals surface area contributed by atoms with E-state index >= 15 is 0 Å². The molecule has 0 heterocycles. The molecule has 0 saturated carbocycles. The van der Waals surface area contributed by atoms with Crippen LogP contribution < -0.4 is 10.6 Å². The van der Waals surface area contributed by atoms with E-state index in [1.54, 1.807) is 0 Å².